The van der Waals surface area contributed by atoms with Crippen LogP contribution in [0.15, 0.2) is 0 Å². The summed E-state index contributed by atoms with van der Waals surface area (Å²) < 4.78 is 2.12. The van der Waals surface area contributed by atoms with Gasteiger partial charge in [0.2, 0.25) is 11.8 Å². The zero-order chi connectivity index (χ0) is 16.7. The summed E-state index contributed by atoms with van der Waals surface area (Å²) in [5, 5.41) is 8.42. The molecule has 0 bridgehead atoms. The van der Waals surface area contributed by atoms with Gasteiger partial charge in [0.05, 0.1) is 12.5 Å². The SMILES string of the molecule is CCc1nnc2n1CCN(C(=O)[C@H]1CC(=O)N(C3CCCC3)C1)C2. The van der Waals surface area contributed by atoms with Crippen LogP contribution in [-0.2, 0) is 29.1 Å². The first kappa shape index (κ1) is 15.6. The van der Waals surface area contributed by atoms with Gasteiger partial charge in [-0.3, -0.25) is 9.59 Å². The van der Waals surface area contributed by atoms with Crippen molar-refractivity contribution in [3.63, 3.8) is 0 Å². The lowest BCUT2D eigenvalue weighted by molar-refractivity contribution is -0.137. The molecule has 2 aliphatic heterocycles. The van der Waals surface area contributed by atoms with Gasteiger partial charge in [-0.05, 0) is 12.8 Å². The molecule has 7 nitrogen and oxygen atoms in total. The molecule has 2 fully saturated rings. The standard InChI is InChI=1S/C17H25N5O2/c1-2-14-18-19-15-11-20(7-8-21(14)15)17(24)12-9-16(23)22(10-12)13-5-3-4-6-13/h12-13H,2-11H2,1H3/t12-/m0/s1. The van der Waals surface area contributed by atoms with E-state index in [9.17, 15) is 9.59 Å². The van der Waals surface area contributed by atoms with Crippen molar-refractivity contribution in [3.8, 4) is 0 Å². The monoisotopic (exact) mass is 331 g/mol. The maximum atomic E-state index is 12.9. The van der Waals surface area contributed by atoms with Gasteiger partial charge in [0.25, 0.3) is 0 Å². The molecule has 1 saturated carbocycles. The van der Waals surface area contributed by atoms with E-state index in [1.807, 2.05) is 9.80 Å². The number of hydrogen-bond acceptors (Lipinski definition) is 4. The average molecular weight is 331 g/mol. The quantitative estimate of drug-likeness (QED) is 0.827. The van der Waals surface area contributed by atoms with Crippen LogP contribution < -0.4 is 0 Å². The van der Waals surface area contributed by atoms with E-state index in [1.165, 1.54) is 12.8 Å². The van der Waals surface area contributed by atoms with Crippen LogP contribution in [0.3, 0.4) is 0 Å². The molecule has 3 heterocycles. The van der Waals surface area contributed by atoms with E-state index in [0.29, 0.717) is 32.1 Å². The molecule has 1 atom stereocenters. The molecule has 24 heavy (non-hydrogen) atoms. The third-order valence-electron chi connectivity index (χ3n) is 5.73. The second-order valence-corrected chi connectivity index (χ2v) is 7.18. The average Bonchev–Trinajstić information content (AvgIpc) is 3.32. The number of aromatic nitrogens is 3. The predicted octanol–water partition coefficient (Wildman–Crippen LogP) is 0.974. The van der Waals surface area contributed by atoms with Crippen molar-refractivity contribution in [3.05, 3.63) is 11.6 Å². The Morgan fingerprint density at radius 3 is 2.75 bits per heavy atom. The lowest BCUT2D eigenvalue weighted by atomic mass is 10.1. The molecule has 0 spiro atoms. The molecule has 7 heteroatoms. The number of aryl methyl sites for hydroxylation is 1. The number of hydrogen-bond donors (Lipinski definition) is 0. The lowest BCUT2D eigenvalue weighted by Gasteiger charge is -2.30. The van der Waals surface area contributed by atoms with E-state index in [1.54, 1.807) is 0 Å². The van der Waals surface area contributed by atoms with Gasteiger partial charge in [-0.15, -0.1) is 10.2 Å². The summed E-state index contributed by atoms with van der Waals surface area (Å²) in [5.74, 6) is 1.94. The van der Waals surface area contributed by atoms with Gasteiger partial charge in [0.1, 0.15) is 5.82 Å². The summed E-state index contributed by atoms with van der Waals surface area (Å²) in [5.41, 5.74) is 0. The van der Waals surface area contributed by atoms with Gasteiger partial charge in [-0.25, -0.2) is 0 Å². The van der Waals surface area contributed by atoms with Crippen LogP contribution in [0.2, 0.25) is 0 Å². The van der Waals surface area contributed by atoms with Gasteiger partial charge < -0.3 is 14.4 Å². The summed E-state index contributed by atoms with van der Waals surface area (Å²) in [7, 11) is 0. The highest BCUT2D eigenvalue weighted by Gasteiger charge is 2.40. The molecular weight excluding hydrogens is 306 g/mol. The maximum Gasteiger partial charge on any atom is 0.228 e. The molecule has 0 unspecified atom stereocenters. The second kappa shape index (κ2) is 6.18. The van der Waals surface area contributed by atoms with Crippen molar-refractivity contribution >= 4 is 11.8 Å². The van der Waals surface area contributed by atoms with Crippen molar-refractivity contribution in [1.29, 1.82) is 0 Å². The Balaban J connectivity index is 1.42. The van der Waals surface area contributed by atoms with Gasteiger partial charge in [0, 0.05) is 38.5 Å². The Hall–Kier alpha value is -1.92. The number of nitrogens with zero attached hydrogens (tertiary/aromatic N) is 5. The van der Waals surface area contributed by atoms with E-state index in [4.69, 9.17) is 0 Å². The van der Waals surface area contributed by atoms with Crippen molar-refractivity contribution in [2.24, 2.45) is 5.92 Å². The third-order valence-corrected chi connectivity index (χ3v) is 5.73. The van der Waals surface area contributed by atoms with Crippen LogP contribution in [0.1, 0.15) is 50.7 Å². The topological polar surface area (TPSA) is 71.3 Å². The number of likely N-dealkylation sites (tertiary alicyclic amines) is 1. The first-order chi connectivity index (χ1) is 11.7. The Labute approximate surface area is 142 Å². The second-order valence-electron chi connectivity index (χ2n) is 7.18. The Kier molecular flexibility index (Phi) is 4.02. The number of amides is 2. The summed E-state index contributed by atoms with van der Waals surface area (Å²) in [6, 6.07) is 0.367. The predicted molar refractivity (Wildman–Crippen MR) is 86.9 cm³/mol. The smallest absolute Gasteiger partial charge is 0.228 e. The highest BCUT2D eigenvalue weighted by atomic mass is 16.2. The Morgan fingerprint density at radius 2 is 2.00 bits per heavy atom. The zero-order valence-corrected chi connectivity index (χ0v) is 14.3. The van der Waals surface area contributed by atoms with Crippen molar-refractivity contribution in [1.82, 2.24) is 24.6 Å². The van der Waals surface area contributed by atoms with Crippen molar-refractivity contribution in [2.75, 3.05) is 13.1 Å². The summed E-state index contributed by atoms with van der Waals surface area (Å²) in [6.07, 6.45) is 5.83. The fourth-order valence-corrected chi connectivity index (χ4v) is 4.39. The summed E-state index contributed by atoms with van der Waals surface area (Å²) in [6.45, 7) is 4.62. The van der Waals surface area contributed by atoms with E-state index < -0.39 is 0 Å². The van der Waals surface area contributed by atoms with E-state index in [-0.39, 0.29) is 17.7 Å². The molecule has 0 aromatic carbocycles. The van der Waals surface area contributed by atoms with Gasteiger partial charge in [-0.1, -0.05) is 19.8 Å². The lowest BCUT2D eigenvalue weighted by Crippen LogP contribution is -2.43. The molecule has 1 saturated heterocycles. The Bertz CT molecular complexity index is 649. The van der Waals surface area contributed by atoms with E-state index in [0.717, 1.165) is 37.5 Å². The molecule has 0 radical (unpaired) electrons. The minimum atomic E-state index is -0.182. The number of carbonyl (C=O) groups is 2. The first-order valence-electron chi connectivity index (χ1n) is 9.16. The Morgan fingerprint density at radius 1 is 1.21 bits per heavy atom. The number of fused-ring (bicyclic) bond motifs is 1. The number of carbonyl (C=O) groups excluding carboxylic acids is 2. The minimum Gasteiger partial charge on any atom is -0.339 e. The van der Waals surface area contributed by atoms with Crippen LogP contribution >= 0.6 is 0 Å². The highest BCUT2D eigenvalue weighted by Crippen LogP contribution is 2.30. The van der Waals surface area contributed by atoms with Gasteiger partial charge in [-0.2, -0.15) is 0 Å². The van der Waals surface area contributed by atoms with E-state index >= 15 is 0 Å². The molecule has 0 N–H and O–H groups in total. The van der Waals surface area contributed by atoms with Gasteiger partial charge >= 0.3 is 0 Å². The molecule has 2 amide bonds. The normalized spacial score (nSPS) is 24.7. The molecule has 1 aliphatic carbocycles. The fourth-order valence-electron chi connectivity index (χ4n) is 4.39. The molecule has 4 rings (SSSR count). The maximum absolute atomic E-state index is 12.9. The third kappa shape index (κ3) is 2.59. The zero-order valence-electron chi connectivity index (χ0n) is 14.3. The number of rotatable bonds is 3. The molecule has 1 aromatic rings. The first-order valence-corrected chi connectivity index (χ1v) is 9.16. The molecule has 3 aliphatic rings. The molecular formula is C17H25N5O2. The molecule has 130 valence electrons. The van der Waals surface area contributed by atoms with Crippen LogP contribution in [0.4, 0.5) is 0 Å². The fraction of sp³-hybridized carbons (Fsp3) is 0.765. The van der Waals surface area contributed by atoms with E-state index in [2.05, 4.69) is 21.7 Å². The highest BCUT2D eigenvalue weighted by molar-refractivity contribution is 5.89. The van der Waals surface area contributed by atoms with Crippen LogP contribution in [0.5, 0.6) is 0 Å². The van der Waals surface area contributed by atoms with Crippen molar-refractivity contribution in [2.45, 2.75) is 64.6 Å². The van der Waals surface area contributed by atoms with Crippen molar-refractivity contribution < 1.29 is 9.59 Å². The summed E-state index contributed by atoms with van der Waals surface area (Å²) in [4.78, 5) is 29.0. The largest absolute Gasteiger partial charge is 0.339 e. The molecule has 1 aromatic heterocycles. The van der Waals surface area contributed by atoms with Crippen LogP contribution in [0.25, 0.3) is 0 Å². The van der Waals surface area contributed by atoms with Crippen LogP contribution in [0, 0.1) is 5.92 Å². The van der Waals surface area contributed by atoms with Gasteiger partial charge in [0.15, 0.2) is 5.82 Å². The summed E-state index contributed by atoms with van der Waals surface area (Å²) >= 11 is 0. The van der Waals surface area contributed by atoms with Crippen LogP contribution in [-0.4, -0.2) is 55.5 Å². The minimum absolute atomic E-state index is 0.108.